The molecule has 2 fully saturated rings. The van der Waals surface area contributed by atoms with E-state index in [2.05, 4.69) is 50.3 Å². The second-order valence-corrected chi connectivity index (χ2v) is 8.96. The molecule has 0 bridgehead atoms. The van der Waals surface area contributed by atoms with Gasteiger partial charge < -0.3 is 15.0 Å². The average molecular weight is 469 g/mol. The van der Waals surface area contributed by atoms with Crippen molar-refractivity contribution in [1.82, 2.24) is 19.7 Å². The van der Waals surface area contributed by atoms with Gasteiger partial charge in [-0.3, -0.25) is 4.90 Å². The zero-order chi connectivity index (χ0) is 23.5. The van der Waals surface area contributed by atoms with Crippen molar-refractivity contribution in [2.45, 2.75) is 32.2 Å². The summed E-state index contributed by atoms with van der Waals surface area (Å²) in [6, 6.07) is 13.2. The highest BCUT2D eigenvalue weighted by atomic mass is 19.3. The van der Waals surface area contributed by atoms with Gasteiger partial charge in [0, 0.05) is 49.2 Å². The summed E-state index contributed by atoms with van der Waals surface area (Å²) in [6.07, 6.45) is 1.31. The molecule has 180 valence electrons. The van der Waals surface area contributed by atoms with E-state index in [4.69, 9.17) is 4.74 Å². The summed E-state index contributed by atoms with van der Waals surface area (Å²) in [5.74, 6) is 0.421. The van der Waals surface area contributed by atoms with Gasteiger partial charge in [-0.1, -0.05) is 12.1 Å². The third-order valence-corrected chi connectivity index (χ3v) is 6.59. The number of ether oxygens (including phenoxy) is 1. The van der Waals surface area contributed by atoms with Gasteiger partial charge in [-0.2, -0.15) is 4.98 Å². The summed E-state index contributed by atoms with van der Waals surface area (Å²) in [6.45, 7) is 7.89. The molecule has 3 heterocycles. The molecule has 0 amide bonds. The van der Waals surface area contributed by atoms with Crippen LogP contribution in [0.1, 0.15) is 30.4 Å². The highest BCUT2D eigenvalue weighted by molar-refractivity contribution is 5.64. The van der Waals surface area contributed by atoms with Gasteiger partial charge in [-0.15, -0.1) is 5.10 Å². The molecule has 3 aromatic rings. The summed E-state index contributed by atoms with van der Waals surface area (Å²) in [7, 11) is 0. The number of morpholine rings is 1. The zero-order valence-corrected chi connectivity index (χ0v) is 19.3. The van der Waals surface area contributed by atoms with E-state index in [-0.39, 0.29) is 5.56 Å². The number of aryl methyl sites for hydroxylation is 1. The number of anilines is 3. The third-order valence-electron chi connectivity index (χ3n) is 6.59. The predicted molar refractivity (Wildman–Crippen MR) is 128 cm³/mol. The van der Waals surface area contributed by atoms with Crippen molar-refractivity contribution in [3.8, 4) is 5.69 Å². The molecule has 0 spiro atoms. The molecule has 2 saturated heterocycles. The van der Waals surface area contributed by atoms with Crippen molar-refractivity contribution in [1.29, 1.82) is 0 Å². The maximum Gasteiger partial charge on any atom is 0.263 e. The molecular formula is C25H30F2N6O. The molecule has 5 rings (SSSR count). The fourth-order valence-corrected chi connectivity index (χ4v) is 4.83. The monoisotopic (exact) mass is 468 g/mol. The quantitative estimate of drug-likeness (QED) is 0.573. The van der Waals surface area contributed by atoms with Crippen LogP contribution >= 0.6 is 0 Å². The van der Waals surface area contributed by atoms with Gasteiger partial charge in [0.25, 0.3) is 6.43 Å². The number of hydrogen-bond acceptors (Lipinski definition) is 6. The Morgan fingerprint density at radius 2 is 1.79 bits per heavy atom. The molecule has 2 aliphatic heterocycles. The molecule has 0 saturated carbocycles. The van der Waals surface area contributed by atoms with Gasteiger partial charge in [-0.25, -0.2) is 13.5 Å². The smallest absolute Gasteiger partial charge is 0.263 e. The molecular weight excluding hydrogens is 438 g/mol. The minimum atomic E-state index is -2.52. The van der Waals surface area contributed by atoms with E-state index in [0.29, 0.717) is 17.7 Å². The Morgan fingerprint density at radius 1 is 1.00 bits per heavy atom. The number of hydrogen-bond donors (Lipinski definition) is 1. The van der Waals surface area contributed by atoms with Crippen molar-refractivity contribution in [2.24, 2.45) is 0 Å². The summed E-state index contributed by atoms with van der Waals surface area (Å²) < 4.78 is 33.1. The van der Waals surface area contributed by atoms with Crippen molar-refractivity contribution in [3.05, 3.63) is 59.9 Å². The van der Waals surface area contributed by atoms with Gasteiger partial charge in [0.1, 0.15) is 6.33 Å². The number of benzene rings is 2. The van der Waals surface area contributed by atoms with Crippen LogP contribution < -0.4 is 10.2 Å². The molecule has 0 radical (unpaired) electrons. The van der Waals surface area contributed by atoms with Crippen LogP contribution in [-0.2, 0) is 4.74 Å². The van der Waals surface area contributed by atoms with Crippen LogP contribution in [0.5, 0.6) is 0 Å². The molecule has 0 aliphatic carbocycles. The summed E-state index contributed by atoms with van der Waals surface area (Å²) >= 11 is 0. The Labute approximate surface area is 198 Å². The van der Waals surface area contributed by atoms with Gasteiger partial charge in [0.05, 0.1) is 18.9 Å². The van der Waals surface area contributed by atoms with Crippen LogP contribution in [0.15, 0.2) is 48.8 Å². The second-order valence-electron chi connectivity index (χ2n) is 8.96. The molecule has 7 nitrogen and oxygen atoms in total. The van der Waals surface area contributed by atoms with E-state index in [1.165, 1.54) is 28.8 Å². The summed E-state index contributed by atoms with van der Waals surface area (Å²) in [4.78, 5) is 9.33. The number of halogens is 2. The fraction of sp³-hybridized carbons (Fsp3) is 0.440. The van der Waals surface area contributed by atoms with Crippen LogP contribution in [0.2, 0.25) is 0 Å². The molecule has 2 aromatic carbocycles. The number of rotatable bonds is 6. The number of nitrogens with one attached hydrogen (secondary N) is 1. The molecule has 1 N–H and O–H groups in total. The largest absolute Gasteiger partial charge is 0.379 e. The van der Waals surface area contributed by atoms with E-state index in [1.54, 1.807) is 12.1 Å². The zero-order valence-electron chi connectivity index (χ0n) is 19.3. The van der Waals surface area contributed by atoms with E-state index in [0.717, 1.165) is 63.5 Å². The van der Waals surface area contributed by atoms with Gasteiger partial charge in [0.2, 0.25) is 5.95 Å². The van der Waals surface area contributed by atoms with Crippen LogP contribution in [0.25, 0.3) is 5.69 Å². The Balaban J connectivity index is 1.25. The third kappa shape index (κ3) is 5.20. The maximum absolute atomic E-state index is 13.0. The normalized spacial score (nSPS) is 17.9. The van der Waals surface area contributed by atoms with E-state index in [1.807, 2.05) is 0 Å². The van der Waals surface area contributed by atoms with Gasteiger partial charge in [0.15, 0.2) is 0 Å². The number of alkyl halides is 2. The molecule has 0 atom stereocenters. The molecule has 2 aliphatic rings. The fourth-order valence-electron chi connectivity index (χ4n) is 4.83. The van der Waals surface area contributed by atoms with Crippen molar-refractivity contribution < 1.29 is 13.5 Å². The van der Waals surface area contributed by atoms with E-state index < -0.39 is 6.43 Å². The second kappa shape index (κ2) is 10.1. The SMILES string of the molecule is Cc1cc(Nc2ncn(-c3cccc(C(F)F)c3)n2)cc(N2CCC(N3CCOCC3)CC2)c1. The van der Waals surface area contributed by atoms with Crippen molar-refractivity contribution >= 4 is 17.3 Å². The lowest BCUT2D eigenvalue weighted by Crippen LogP contribution is -2.49. The number of nitrogens with zero attached hydrogens (tertiary/aromatic N) is 5. The number of piperidine rings is 1. The van der Waals surface area contributed by atoms with Gasteiger partial charge >= 0.3 is 0 Å². The lowest BCUT2D eigenvalue weighted by atomic mass is 10.0. The minimum Gasteiger partial charge on any atom is -0.379 e. The maximum atomic E-state index is 13.0. The van der Waals surface area contributed by atoms with Crippen molar-refractivity contribution in [3.63, 3.8) is 0 Å². The molecule has 9 heteroatoms. The van der Waals surface area contributed by atoms with Crippen LogP contribution in [-0.4, -0.2) is 65.1 Å². The van der Waals surface area contributed by atoms with Gasteiger partial charge in [-0.05, 0) is 55.7 Å². The molecule has 0 unspecified atom stereocenters. The first-order valence-corrected chi connectivity index (χ1v) is 11.8. The van der Waals surface area contributed by atoms with E-state index >= 15 is 0 Å². The predicted octanol–water partition coefficient (Wildman–Crippen LogP) is 4.56. The Kier molecular flexibility index (Phi) is 6.73. The highest BCUT2D eigenvalue weighted by Crippen LogP contribution is 2.28. The Morgan fingerprint density at radius 3 is 2.56 bits per heavy atom. The highest BCUT2D eigenvalue weighted by Gasteiger charge is 2.26. The first-order chi connectivity index (χ1) is 16.5. The van der Waals surface area contributed by atoms with Crippen LogP contribution in [0, 0.1) is 6.92 Å². The Bertz CT molecular complexity index is 1110. The Hall–Kier alpha value is -3.04. The minimum absolute atomic E-state index is 0.0387. The lowest BCUT2D eigenvalue weighted by molar-refractivity contribution is 0.0115. The lowest BCUT2D eigenvalue weighted by Gasteiger charge is -2.41. The standard InChI is InChI=1S/C25H30F2N6O/c1-18-13-20(29-25-28-17-33(30-25)22-4-2-3-19(15-22)24(26)27)16-23(14-18)31-7-5-21(6-8-31)32-9-11-34-12-10-32/h2-4,13-17,21,24H,5-12H2,1H3,(H,29,30). The first-order valence-electron chi connectivity index (χ1n) is 11.8. The summed E-state index contributed by atoms with van der Waals surface area (Å²) in [5.41, 5.74) is 3.75. The van der Waals surface area contributed by atoms with Crippen molar-refractivity contribution in [2.75, 3.05) is 49.6 Å². The molecule has 34 heavy (non-hydrogen) atoms. The van der Waals surface area contributed by atoms with Crippen LogP contribution in [0.3, 0.4) is 0 Å². The molecule has 1 aromatic heterocycles. The van der Waals surface area contributed by atoms with Crippen LogP contribution in [0.4, 0.5) is 26.1 Å². The van der Waals surface area contributed by atoms with E-state index in [9.17, 15) is 8.78 Å². The number of aromatic nitrogens is 3. The average Bonchev–Trinajstić information content (AvgIpc) is 3.33. The summed E-state index contributed by atoms with van der Waals surface area (Å²) in [5, 5.41) is 7.70. The topological polar surface area (TPSA) is 58.5 Å². The first kappa shape index (κ1) is 22.7.